The van der Waals surface area contributed by atoms with E-state index in [2.05, 4.69) is 12.2 Å². The maximum Gasteiger partial charge on any atom is 0.251 e. The Balaban J connectivity index is 2.65. The zero-order valence-corrected chi connectivity index (χ0v) is 9.99. The van der Waals surface area contributed by atoms with Crippen LogP contribution in [0.3, 0.4) is 0 Å². The number of hydrogen-bond donors (Lipinski definition) is 2. The predicted molar refractivity (Wildman–Crippen MR) is 66.4 cm³/mol. The Bertz CT molecular complexity index is 328. The van der Waals surface area contributed by atoms with Crippen LogP contribution in [0.15, 0.2) is 24.3 Å². The Labute approximate surface area is 97.0 Å². The Morgan fingerprint density at radius 3 is 2.38 bits per heavy atom. The van der Waals surface area contributed by atoms with Crippen molar-refractivity contribution in [3.63, 3.8) is 0 Å². The van der Waals surface area contributed by atoms with Gasteiger partial charge in [-0.15, -0.1) is 0 Å². The number of benzene rings is 1. The van der Waals surface area contributed by atoms with Crippen molar-refractivity contribution in [2.45, 2.75) is 32.7 Å². The summed E-state index contributed by atoms with van der Waals surface area (Å²) in [5.74, 6) is -0.0417. The first-order valence-electron chi connectivity index (χ1n) is 5.81. The van der Waals surface area contributed by atoms with Crippen LogP contribution in [0.2, 0.25) is 0 Å². The molecule has 1 rings (SSSR count). The fourth-order valence-electron chi connectivity index (χ4n) is 1.49. The highest BCUT2D eigenvalue weighted by molar-refractivity contribution is 5.94. The van der Waals surface area contributed by atoms with E-state index >= 15 is 0 Å². The average molecular weight is 220 g/mol. The fraction of sp³-hybridized carbons (Fsp3) is 0.462. The molecule has 3 heteroatoms. The summed E-state index contributed by atoms with van der Waals surface area (Å²) in [5.41, 5.74) is 7.48. The van der Waals surface area contributed by atoms with Crippen LogP contribution >= 0.6 is 0 Å². The molecule has 1 unspecified atom stereocenters. The molecule has 1 aromatic rings. The molecule has 16 heavy (non-hydrogen) atoms. The second kappa shape index (κ2) is 6.28. The van der Waals surface area contributed by atoms with Gasteiger partial charge >= 0.3 is 0 Å². The van der Waals surface area contributed by atoms with Gasteiger partial charge in [-0.25, -0.2) is 0 Å². The third-order valence-electron chi connectivity index (χ3n) is 2.74. The number of carbonyl (C=O) groups is 1. The first-order chi connectivity index (χ1) is 7.71. The Morgan fingerprint density at radius 1 is 1.31 bits per heavy atom. The summed E-state index contributed by atoms with van der Waals surface area (Å²) in [5, 5.41) is 2.91. The lowest BCUT2D eigenvalue weighted by Crippen LogP contribution is -2.39. The summed E-state index contributed by atoms with van der Waals surface area (Å²) in [7, 11) is 0. The molecule has 0 aliphatic rings. The van der Waals surface area contributed by atoms with Crippen molar-refractivity contribution >= 4 is 5.91 Å². The molecular formula is C13H20N2O. The normalized spacial score (nSPS) is 12.2. The van der Waals surface area contributed by atoms with Crippen LogP contribution < -0.4 is 11.1 Å². The molecule has 3 N–H and O–H groups in total. The first kappa shape index (κ1) is 12.7. The summed E-state index contributed by atoms with van der Waals surface area (Å²) in [6.07, 6.45) is 1.84. The quantitative estimate of drug-likeness (QED) is 0.793. The highest BCUT2D eigenvalue weighted by Crippen LogP contribution is 2.05. The molecule has 0 saturated carbocycles. The Hall–Kier alpha value is -1.35. The van der Waals surface area contributed by atoms with E-state index < -0.39 is 0 Å². The predicted octanol–water partition coefficient (Wildman–Crippen LogP) is 1.72. The lowest BCUT2D eigenvalue weighted by atomic mass is 10.1. The maximum atomic E-state index is 11.8. The lowest BCUT2D eigenvalue weighted by molar-refractivity contribution is 0.0937. The monoisotopic (exact) mass is 220 g/mol. The molecule has 0 spiro atoms. The average Bonchev–Trinajstić information content (AvgIpc) is 2.35. The summed E-state index contributed by atoms with van der Waals surface area (Å²) >= 11 is 0. The second-order valence-corrected chi connectivity index (χ2v) is 3.86. The number of nitrogens with two attached hydrogens (primary N) is 1. The minimum atomic E-state index is -0.0417. The summed E-state index contributed by atoms with van der Waals surface area (Å²) < 4.78 is 0. The van der Waals surface area contributed by atoms with Crippen LogP contribution in [0.4, 0.5) is 0 Å². The molecule has 3 nitrogen and oxygen atoms in total. The van der Waals surface area contributed by atoms with E-state index in [1.54, 1.807) is 0 Å². The van der Waals surface area contributed by atoms with Crippen LogP contribution in [0.1, 0.15) is 36.2 Å². The standard InChI is InChI=1S/C13H20N2O/c1-3-10-5-7-11(8-6-10)13(16)15-12(4-2)9-14/h5-8,12H,3-4,9,14H2,1-2H3,(H,15,16). The molecule has 0 radical (unpaired) electrons. The van der Waals surface area contributed by atoms with Gasteiger partial charge in [0.2, 0.25) is 0 Å². The van der Waals surface area contributed by atoms with E-state index in [9.17, 15) is 4.79 Å². The molecule has 0 aromatic heterocycles. The van der Waals surface area contributed by atoms with Gasteiger partial charge < -0.3 is 11.1 Å². The molecular weight excluding hydrogens is 200 g/mol. The third kappa shape index (κ3) is 3.35. The number of rotatable bonds is 5. The van der Waals surface area contributed by atoms with Crippen LogP contribution in [-0.2, 0) is 6.42 Å². The third-order valence-corrected chi connectivity index (χ3v) is 2.74. The second-order valence-electron chi connectivity index (χ2n) is 3.86. The van der Waals surface area contributed by atoms with Gasteiger partial charge in [-0.1, -0.05) is 26.0 Å². The van der Waals surface area contributed by atoms with E-state index in [4.69, 9.17) is 5.73 Å². The van der Waals surface area contributed by atoms with Crippen molar-refractivity contribution in [1.29, 1.82) is 0 Å². The van der Waals surface area contributed by atoms with Gasteiger partial charge in [-0.3, -0.25) is 4.79 Å². The Morgan fingerprint density at radius 2 is 1.94 bits per heavy atom. The number of aryl methyl sites for hydroxylation is 1. The van der Waals surface area contributed by atoms with Gasteiger partial charge in [0.05, 0.1) is 0 Å². The van der Waals surface area contributed by atoms with Crippen molar-refractivity contribution in [3.05, 3.63) is 35.4 Å². The van der Waals surface area contributed by atoms with Gasteiger partial charge in [-0.05, 0) is 30.5 Å². The SMILES string of the molecule is CCc1ccc(C(=O)NC(CC)CN)cc1. The first-order valence-corrected chi connectivity index (χ1v) is 5.81. The van der Waals surface area contributed by atoms with Crippen LogP contribution in [0.5, 0.6) is 0 Å². The number of carbonyl (C=O) groups excluding carboxylic acids is 1. The minimum absolute atomic E-state index is 0.0417. The molecule has 1 amide bonds. The molecule has 0 aliphatic heterocycles. The van der Waals surface area contributed by atoms with Crippen molar-refractivity contribution < 1.29 is 4.79 Å². The topological polar surface area (TPSA) is 55.1 Å². The summed E-state index contributed by atoms with van der Waals surface area (Å²) in [4.78, 5) is 11.8. The van der Waals surface area contributed by atoms with Gasteiger partial charge in [-0.2, -0.15) is 0 Å². The van der Waals surface area contributed by atoms with E-state index in [1.165, 1.54) is 5.56 Å². The molecule has 0 saturated heterocycles. The lowest BCUT2D eigenvalue weighted by Gasteiger charge is -2.14. The van der Waals surface area contributed by atoms with E-state index in [-0.39, 0.29) is 11.9 Å². The van der Waals surface area contributed by atoms with E-state index in [1.807, 2.05) is 31.2 Å². The van der Waals surface area contributed by atoms with Gasteiger partial charge in [0, 0.05) is 18.2 Å². The van der Waals surface area contributed by atoms with Crippen molar-refractivity contribution in [2.24, 2.45) is 5.73 Å². The Kier molecular flexibility index (Phi) is 4.99. The fourth-order valence-corrected chi connectivity index (χ4v) is 1.49. The zero-order chi connectivity index (χ0) is 12.0. The molecule has 0 bridgehead atoms. The highest BCUT2D eigenvalue weighted by atomic mass is 16.1. The van der Waals surface area contributed by atoms with E-state index in [0.29, 0.717) is 12.1 Å². The largest absolute Gasteiger partial charge is 0.348 e. The van der Waals surface area contributed by atoms with Crippen LogP contribution in [0, 0.1) is 0 Å². The van der Waals surface area contributed by atoms with E-state index in [0.717, 1.165) is 12.8 Å². The van der Waals surface area contributed by atoms with Crippen molar-refractivity contribution in [2.75, 3.05) is 6.54 Å². The maximum absolute atomic E-state index is 11.8. The van der Waals surface area contributed by atoms with Gasteiger partial charge in [0.25, 0.3) is 5.91 Å². The number of amides is 1. The van der Waals surface area contributed by atoms with Crippen molar-refractivity contribution in [3.8, 4) is 0 Å². The van der Waals surface area contributed by atoms with Gasteiger partial charge in [0.1, 0.15) is 0 Å². The molecule has 1 aromatic carbocycles. The summed E-state index contributed by atoms with van der Waals surface area (Å²) in [6, 6.07) is 7.75. The molecule has 0 aliphatic carbocycles. The zero-order valence-electron chi connectivity index (χ0n) is 9.99. The number of nitrogens with one attached hydrogen (secondary N) is 1. The molecule has 0 fully saturated rings. The minimum Gasteiger partial charge on any atom is -0.348 e. The highest BCUT2D eigenvalue weighted by Gasteiger charge is 2.10. The van der Waals surface area contributed by atoms with Crippen molar-refractivity contribution in [1.82, 2.24) is 5.32 Å². The molecule has 0 heterocycles. The van der Waals surface area contributed by atoms with Crippen LogP contribution in [-0.4, -0.2) is 18.5 Å². The summed E-state index contributed by atoms with van der Waals surface area (Å²) in [6.45, 7) is 4.59. The molecule has 1 atom stereocenters. The smallest absolute Gasteiger partial charge is 0.251 e. The molecule has 88 valence electrons. The van der Waals surface area contributed by atoms with Gasteiger partial charge in [0.15, 0.2) is 0 Å². The van der Waals surface area contributed by atoms with Crippen LogP contribution in [0.25, 0.3) is 0 Å². The number of hydrogen-bond acceptors (Lipinski definition) is 2.